The minimum absolute atomic E-state index is 0.176. The Kier molecular flexibility index (Phi) is 12.3. The minimum Gasteiger partial charge on any atom is -0.497 e. The van der Waals surface area contributed by atoms with Crippen LogP contribution in [0.25, 0.3) is 0 Å². The van der Waals surface area contributed by atoms with Gasteiger partial charge in [-0.15, -0.1) is 0 Å². The molecule has 0 fully saturated rings. The molecule has 2 aromatic rings. The minimum atomic E-state index is -3.53. The molecular weight excluding hydrogens is 470 g/mol. The number of ether oxygens (including phenoxy) is 1. The fourth-order valence-corrected chi connectivity index (χ4v) is 5.36. The summed E-state index contributed by atoms with van der Waals surface area (Å²) in [4.78, 5) is 12.7. The van der Waals surface area contributed by atoms with E-state index >= 15 is 0 Å². The van der Waals surface area contributed by atoms with Crippen molar-refractivity contribution in [3.8, 4) is 5.75 Å². The van der Waals surface area contributed by atoms with E-state index in [2.05, 4.69) is 10.6 Å². The summed E-state index contributed by atoms with van der Waals surface area (Å²) in [6.07, 6.45) is 2.15. The normalized spacial score (nSPS) is 13.5. The Morgan fingerprint density at radius 2 is 1.91 bits per heavy atom. The van der Waals surface area contributed by atoms with Crippen LogP contribution in [0.15, 0.2) is 47.1 Å². The van der Waals surface area contributed by atoms with E-state index in [-0.39, 0.29) is 25.1 Å². The lowest BCUT2D eigenvalue weighted by molar-refractivity contribution is -0.122. The van der Waals surface area contributed by atoms with E-state index in [1.54, 1.807) is 19.2 Å². The van der Waals surface area contributed by atoms with Crippen LogP contribution in [0, 0.1) is 0 Å². The molecule has 10 heteroatoms. The highest BCUT2D eigenvalue weighted by atomic mass is 32.2. The lowest BCUT2D eigenvalue weighted by atomic mass is 10.1. The zero-order valence-electron chi connectivity index (χ0n) is 20.9. The first kappa shape index (κ1) is 28.8. The Balaban J connectivity index is 1.95. The molecule has 0 aliphatic rings. The molecule has 35 heavy (non-hydrogen) atoms. The van der Waals surface area contributed by atoms with E-state index in [0.717, 1.165) is 11.3 Å². The van der Waals surface area contributed by atoms with Crippen LogP contribution in [-0.2, 0) is 27.8 Å². The summed E-state index contributed by atoms with van der Waals surface area (Å²) >= 11 is 0. The number of rotatable bonds is 17. The van der Waals surface area contributed by atoms with Gasteiger partial charge in [-0.25, -0.2) is 12.7 Å². The maximum atomic E-state index is 12.7. The van der Waals surface area contributed by atoms with Gasteiger partial charge >= 0.3 is 0 Å². The second-order valence-electron chi connectivity index (χ2n) is 8.47. The molecule has 9 nitrogen and oxygen atoms in total. The van der Waals surface area contributed by atoms with E-state index in [9.17, 15) is 18.3 Å². The first-order chi connectivity index (χ1) is 16.8. The topological polar surface area (TPSA) is 121 Å². The van der Waals surface area contributed by atoms with Crippen molar-refractivity contribution in [3.05, 3.63) is 54.0 Å². The van der Waals surface area contributed by atoms with Gasteiger partial charge in [-0.05, 0) is 42.7 Å². The van der Waals surface area contributed by atoms with Crippen LogP contribution in [0.1, 0.15) is 44.4 Å². The van der Waals surface area contributed by atoms with Gasteiger partial charge in [0.05, 0.1) is 31.3 Å². The third-order valence-corrected chi connectivity index (χ3v) is 7.43. The molecule has 0 saturated heterocycles. The molecule has 1 heterocycles. The molecule has 0 aliphatic heterocycles. The van der Waals surface area contributed by atoms with E-state index < -0.39 is 28.1 Å². The number of amides is 1. The largest absolute Gasteiger partial charge is 0.497 e. The fraction of sp³-hybridized carbons (Fsp3) is 0.560. The quantitative estimate of drug-likeness (QED) is 0.299. The van der Waals surface area contributed by atoms with Gasteiger partial charge in [0.15, 0.2) is 0 Å². The Morgan fingerprint density at radius 3 is 2.54 bits per heavy atom. The molecule has 0 unspecified atom stereocenters. The van der Waals surface area contributed by atoms with Crippen LogP contribution in [-0.4, -0.2) is 68.4 Å². The van der Waals surface area contributed by atoms with Crippen molar-refractivity contribution < 1.29 is 27.5 Å². The highest BCUT2D eigenvalue weighted by Gasteiger charge is 2.25. The Morgan fingerprint density at radius 1 is 1.17 bits per heavy atom. The molecule has 1 amide bonds. The highest BCUT2D eigenvalue weighted by molar-refractivity contribution is 7.89. The Labute approximate surface area is 208 Å². The number of nitrogens with one attached hydrogen (secondary N) is 2. The third-order valence-electron chi connectivity index (χ3n) is 5.56. The number of hydrogen-bond donors (Lipinski definition) is 3. The number of carbonyl (C=O) groups excluding carboxylic acids is 1. The van der Waals surface area contributed by atoms with Crippen LogP contribution in [0.3, 0.4) is 0 Å². The third kappa shape index (κ3) is 10.0. The van der Waals surface area contributed by atoms with Crippen LogP contribution in [0.5, 0.6) is 5.75 Å². The SMILES string of the molecule is CCCN(CCC)S(=O)(=O)CCC(=O)N[C@@H](Cc1ccco1)[C@H](O)CNCc1cccc(OC)c1. The van der Waals surface area contributed by atoms with Crippen molar-refractivity contribution in [1.29, 1.82) is 0 Å². The molecule has 2 rings (SSSR count). The van der Waals surface area contributed by atoms with Crippen molar-refractivity contribution >= 4 is 15.9 Å². The van der Waals surface area contributed by atoms with Crippen LogP contribution in [0.4, 0.5) is 0 Å². The molecule has 0 aliphatic carbocycles. The molecule has 3 N–H and O–H groups in total. The summed E-state index contributed by atoms with van der Waals surface area (Å²) in [5, 5.41) is 16.8. The summed E-state index contributed by atoms with van der Waals surface area (Å²) in [6.45, 7) is 5.47. The van der Waals surface area contributed by atoms with Gasteiger partial charge in [0.2, 0.25) is 15.9 Å². The number of sulfonamides is 1. The number of carbonyl (C=O) groups is 1. The molecular formula is C25H39N3O6S. The number of nitrogens with zero attached hydrogens (tertiary/aromatic N) is 1. The van der Waals surface area contributed by atoms with Crippen molar-refractivity contribution in [1.82, 2.24) is 14.9 Å². The predicted molar refractivity (Wildman–Crippen MR) is 136 cm³/mol. The first-order valence-corrected chi connectivity index (χ1v) is 13.7. The highest BCUT2D eigenvalue weighted by Crippen LogP contribution is 2.13. The maximum Gasteiger partial charge on any atom is 0.221 e. The average molecular weight is 510 g/mol. The molecule has 0 spiro atoms. The van der Waals surface area contributed by atoms with Crippen LogP contribution >= 0.6 is 0 Å². The zero-order chi connectivity index (χ0) is 25.7. The number of furan rings is 1. The van der Waals surface area contributed by atoms with Crippen LogP contribution in [0.2, 0.25) is 0 Å². The molecule has 1 aromatic heterocycles. The Bertz CT molecular complexity index is 975. The van der Waals surface area contributed by atoms with E-state index in [1.165, 1.54) is 10.6 Å². The number of aliphatic hydroxyl groups is 1. The Hall–Kier alpha value is -2.40. The summed E-state index contributed by atoms with van der Waals surface area (Å²) in [7, 11) is -1.92. The summed E-state index contributed by atoms with van der Waals surface area (Å²) in [5.74, 6) is 0.673. The standard InChI is InChI=1S/C25H39N3O6S/c1-4-12-28(13-5-2)35(31,32)15-11-25(30)27-23(17-22-10-7-14-34-22)24(29)19-26-18-20-8-6-9-21(16-20)33-3/h6-10,14,16,23-24,26,29H,4-5,11-13,15,17-19H2,1-3H3,(H,27,30)/t23-,24+/m0/s1. The van der Waals surface area contributed by atoms with Gasteiger partial charge in [0.25, 0.3) is 0 Å². The number of hydrogen-bond acceptors (Lipinski definition) is 7. The summed E-state index contributed by atoms with van der Waals surface area (Å²) < 4.78 is 37.4. The smallest absolute Gasteiger partial charge is 0.221 e. The second-order valence-corrected chi connectivity index (χ2v) is 10.6. The lowest BCUT2D eigenvalue weighted by Crippen LogP contribution is -2.49. The van der Waals surface area contributed by atoms with E-state index in [0.29, 0.717) is 38.2 Å². The van der Waals surface area contributed by atoms with Gasteiger partial charge in [-0.3, -0.25) is 4.79 Å². The van der Waals surface area contributed by atoms with E-state index in [4.69, 9.17) is 9.15 Å². The predicted octanol–water partition coefficient (Wildman–Crippen LogP) is 2.31. The molecule has 0 bridgehead atoms. The van der Waals surface area contributed by atoms with Gasteiger partial charge < -0.3 is 24.9 Å². The molecule has 196 valence electrons. The maximum absolute atomic E-state index is 12.7. The van der Waals surface area contributed by atoms with Crippen molar-refractivity contribution in [2.75, 3.05) is 32.5 Å². The lowest BCUT2D eigenvalue weighted by Gasteiger charge is -2.25. The monoisotopic (exact) mass is 509 g/mol. The van der Waals surface area contributed by atoms with Gasteiger partial charge in [-0.1, -0.05) is 26.0 Å². The summed E-state index contributed by atoms with van der Waals surface area (Å²) in [6, 6.07) is 10.5. The summed E-state index contributed by atoms with van der Waals surface area (Å²) in [5.41, 5.74) is 0.997. The average Bonchev–Trinajstić information content (AvgIpc) is 3.35. The molecule has 0 radical (unpaired) electrons. The van der Waals surface area contributed by atoms with Gasteiger partial charge in [-0.2, -0.15) is 0 Å². The van der Waals surface area contributed by atoms with E-state index in [1.807, 2.05) is 38.1 Å². The van der Waals surface area contributed by atoms with Gasteiger partial charge in [0.1, 0.15) is 11.5 Å². The number of aliphatic hydroxyl groups excluding tert-OH is 1. The molecule has 2 atom stereocenters. The van der Waals surface area contributed by atoms with Crippen molar-refractivity contribution in [2.45, 2.75) is 58.2 Å². The fourth-order valence-electron chi connectivity index (χ4n) is 3.74. The van der Waals surface area contributed by atoms with Gasteiger partial charge in [0, 0.05) is 39.0 Å². The zero-order valence-corrected chi connectivity index (χ0v) is 21.7. The first-order valence-electron chi connectivity index (χ1n) is 12.1. The van der Waals surface area contributed by atoms with Crippen LogP contribution < -0.4 is 15.4 Å². The van der Waals surface area contributed by atoms with Crippen molar-refractivity contribution in [2.24, 2.45) is 0 Å². The molecule has 0 saturated carbocycles. The number of benzene rings is 1. The number of methoxy groups -OCH3 is 1. The van der Waals surface area contributed by atoms with Crippen molar-refractivity contribution in [3.63, 3.8) is 0 Å². The second kappa shape index (κ2) is 14.9. The molecule has 1 aromatic carbocycles.